The molecular weight excluding hydrogens is 258 g/mol. The number of nitrogens with one attached hydrogen (secondary N) is 1. The van der Waals surface area contributed by atoms with E-state index in [-0.39, 0.29) is 0 Å². The third kappa shape index (κ3) is 2.51. The second-order valence-electron chi connectivity index (χ2n) is 4.43. The van der Waals surface area contributed by atoms with Crippen molar-refractivity contribution in [1.29, 1.82) is 0 Å². The van der Waals surface area contributed by atoms with Gasteiger partial charge in [-0.3, -0.25) is 5.10 Å². The van der Waals surface area contributed by atoms with E-state index in [0.29, 0.717) is 0 Å². The van der Waals surface area contributed by atoms with Crippen molar-refractivity contribution in [2.45, 2.75) is 6.92 Å². The van der Waals surface area contributed by atoms with Gasteiger partial charge in [0.1, 0.15) is 6.33 Å². The Labute approximate surface area is 116 Å². The summed E-state index contributed by atoms with van der Waals surface area (Å²) in [4.78, 5) is 4.19. The first-order valence-corrected chi connectivity index (χ1v) is 6.33. The van der Waals surface area contributed by atoms with Gasteiger partial charge in [0.25, 0.3) is 0 Å². The number of benzene rings is 2. The van der Waals surface area contributed by atoms with Crippen molar-refractivity contribution >= 4 is 11.6 Å². The predicted octanol–water partition coefficient (Wildman–Crippen LogP) is 4.10. The van der Waals surface area contributed by atoms with Crippen LogP contribution in [-0.2, 0) is 0 Å². The SMILES string of the molecule is Cc1cc(-c2ccc(Cl)cc2)cc(-c2ncn[nH]2)c1. The molecule has 0 bridgehead atoms. The van der Waals surface area contributed by atoms with Crippen LogP contribution in [0.15, 0.2) is 48.8 Å². The third-order valence-electron chi connectivity index (χ3n) is 2.94. The maximum atomic E-state index is 5.92. The number of H-pyrrole nitrogens is 1. The monoisotopic (exact) mass is 269 g/mol. The Morgan fingerprint density at radius 1 is 0.947 bits per heavy atom. The fourth-order valence-corrected chi connectivity index (χ4v) is 2.20. The minimum atomic E-state index is 0.742. The van der Waals surface area contributed by atoms with E-state index >= 15 is 0 Å². The van der Waals surface area contributed by atoms with Crippen LogP contribution in [0.25, 0.3) is 22.5 Å². The second-order valence-corrected chi connectivity index (χ2v) is 4.87. The van der Waals surface area contributed by atoms with Gasteiger partial charge in [0.2, 0.25) is 0 Å². The summed E-state index contributed by atoms with van der Waals surface area (Å²) in [6, 6.07) is 14.1. The van der Waals surface area contributed by atoms with E-state index in [9.17, 15) is 0 Å². The molecule has 0 unspecified atom stereocenters. The second kappa shape index (κ2) is 4.86. The first kappa shape index (κ1) is 11.9. The molecule has 0 aliphatic rings. The highest BCUT2D eigenvalue weighted by atomic mass is 35.5. The smallest absolute Gasteiger partial charge is 0.155 e. The van der Waals surface area contributed by atoms with Crippen molar-refractivity contribution in [3.05, 3.63) is 59.4 Å². The number of nitrogens with zero attached hydrogens (tertiary/aromatic N) is 2. The Morgan fingerprint density at radius 2 is 1.68 bits per heavy atom. The molecule has 0 fully saturated rings. The lowest BCUT2D eigenvalue weighted by atomic mass is 10.00. The van der Waals surface area contributed by atoms with E-state index < -0.39 is 0 Å². The van der Waals surface area contributed by atoms with Gasteiger partial charge in [-0.15, -0.1) is 0 Å². The van der Waals surface area contributed by atoms with E-state index in [2.05, 4.69) is 40.3 Å². The number of halogens is 1. The summed E-state index contributed by atoms with van der Waals surface area (Å²) in [5, 5.41) is 7.52. The Kier molecular flexibility index (Phi) is 3.05. The average Bonchev–Trinajstić information content (AvgIpc) is 2.93. The average molecular weight is 270 g/mol. The van der Waals surface area contributed by atoms with E-state index in [1.165, 1.54) is 11.9 Å². The zero-order valence-electron chi connectivity index (χ0n) is 10.4. The van der Waals surface area contributed by atoms with Crippen LogP contribution in [0, 0.1) is 6.92 Å². The summed E-state index contributed by atoms with van der Waals surface area (Å²) in [5.41, 5.74) is 4.48. The molecule has 3 aromatic rings. The zero-order valence-corrected chi connectivity index (χ0v) is 11.1. The molecule has 0 atom stereocenters. The van der Waals surface area contributed by atoms with Gasteiger partial charge < -0.3 is 0 Å². The summed E-state index contributed by atoms with van der Waals surface area (Å²) in [7, 11) is 0. The van der Waals surface area contributed by atoms with Crippen molar-refractivity contribution in [3.63, 3.8) is 0 Å². The Hall–Kier alpha value is -2.13. The van der Waals surface area contributed by atoms with Crippen molar-refractivity contribution in [1.82, 2.24) is 15.2 Å². The van der Waals surface area contributed by atoms with Gasteiger partial charge >= 0.3 is 0 Å². The molecule has 0 spiro atoms. The third-order valence-corrected chi connectivity index (χ3v) is 3.20. The van der Waals surface area contributed by atoms with Crippen LogP contribution < -0.4 is 0 Å². The highest BCUT2D eigenvalue weighted by Gasteiger charge is 2.05. The predicted molar refractivity (Wildman–Crippen MR) is 77.0 cm³/mol. The van der Waals surface area contributed by atoms with Crippen molar-refractivity contribution in [2.75, 3.05) is 0 Å². The van der Waals surface area contributed by atoms with Crippen molar-refractivity contribution in [2.24, 2.45) is 0 Å². The highest BCUT2D eigenvalue weighted by molar-refractivity contribution is 6.30. The van der Waals surface area contributed by atoms with Gasteiger partial charge in [0.05, 0.1) is 0 Å². The number of hydrogen-bond acceptors (Lipinski definition) is 2. The molecule has 0 aliphatic heterocycles. The summed E-state index contributed by atoms with van der Waals surface area (Å²) in [6.07, 6.45) is 1.51. The van der Waals surface area contributed by atoms with Crippen LogP contribution in [0.2, 0.25) is 5.02 Å². The van der Waals surface area contributed by atoms with Gasteiger partial charge in [-0.1, -0.05) is 29.8 Å². The van der Waals surface area contributed by atoms with Gasteiger partial charge in [-0.2, -0.15) is 5.10 Å². The van der Waals surface area contributed by atoms with Crippen LogP contribution in [0.4, 0.5) is 0 Å². The number of aryl methyl sites for hydroxylation is 1. The van der Waals surface area contributed by atoms with Gasteiger partial charge in [-0.05, 0) is 47.9 Å². The van der Waals surface area contributed by atoms with E-state index in [0.717, 1.165) is 27.5 Å². The molecule has 0 saturated heterocycles. The Morgan fingerprint density at radius 3 is 2.37 bits per heavy atom. The standard InChI is InChI=1S/C15H12ClN3/c1-10-6-12(11-2-4-14(16)5-3-11)8-13(7-10)15-17-9-18-19-15/h2-9H,1H3,(H,17,18,19). The lowest BCUT2D eigenvalue weighted by Crippen LogP contribution is -1.86. The molecule has 3 nitrogen and oxygen atoms in total. The summed E-state index contributed by atoms with van der Waals surface area (Å²) in [6.45, 7) is 2.07. The molecule has 0 amide bonds. The van der Waals surface area contributed by atoms with Crippen molar-refractivity contribution in [3.8, 4) is 22.5 Å². The van der Waals surface area contributed by atoms with Crippen LogP contribution in [0.1, 0.15) is 5.56 Å². The lowest BCUT2D eigenvalue weighted by molar-refractivity contribution is 1.09. The summed E-state index contributed by atoms with van der Waals surface area (Å²) >= 11 is 5.92. The highest BCUT2D eigenvalue weighted by Crippen LogP contribution is 2.27. The maximum absolute atomic E-state index is 5.92. The van der Waals surface area contributed by atoms with Crippen LogP contribution in [0.3, 0.4) is 0 Å². The molecule has 94 valence electrons. The maximum Gasteiger partial charge on any atom is 0.155 e. The minimum absolute atomic E-state index is 0.742. The van der Waals surface area contributed by atoms with Gasteiger partial charge in [-0.25, -0.2) is 4.98 Å². The lowest BCUT2D eigenvalue weighted by Gasteiger charge is -2.06. The van der Waals surface area contributed by atoms with Gasteiger partial charge in [0, 0.05) is 10.6 Å². The molecule has 2 aromatic carbocycles. The van der Waals surface area contributed by atoms with E-state index in [1.807, 2.05) is 24.3 Å². The number of rotatable bonds is 2. The Bertz CT molecular complexity index is 688. The fourth-order valence-electron chi connectivity index (χ4n) is 2.07. The number of aromatic nitrogens is 3. The molecule has 0 saturated carbocycles. The summed E-state index contributed by atoms with van der Waals surface area (Å²) in [5.74, 6) is 0.777. The fraction of sp³-hybridized carbons (Fsp3) is 0.0667. The van der Waals surface area contributed by atoms with Crippen LogP contribution in [-0.4, -0.2) is 15.2 Å². The minimum Gasteiger partial charge on any atom is -0.259 e. The quantitative estimate of drug-likeness (QED) is 0.761. The van der Waals surface area contributed by atoms with Crippen LogP contribution in [0.5, 0.6) is 0 Å². The molecule has 1 aromatic heterocycles. The number of aromatic amines is 1. The first-order chi connectivity index (χ1) is 9.22. The first-order valence-electron chi connectivity index (χ1n) is 5.96. The van der Waals surface area contributed by atoms with Gasteiger partial charge in [0.15, 0.2) is 5.82 Å². The molecular formula is C15H12ClN3. The molecule has 0 aliphatic carbocycles. The molecule has 1 N–H and O–H groups in total. The molecule has 1 heterocycles. The normalized spacial score (nSPS) is 10.6. The topological polar surface area (TPSA) is 41.6 Å². The number of hydrogen-bond donors (Lipinski definition) is 1. The largest absolute Gasteiger partial charge is 0.259 e. The Balaban J connectivity index is 2.10. The van der Waals surface area contributed by atoms with E-state index in [1.54, 1.807) is 0 Å². The summed E-state index contributed by atoms with van der Waals surface area (Å²) < 4.78 is 0. The zero-order chi connectivity index (χ0) is 13.2. The molecule has 0 radical (unpaired) electrons. The van der Waals surface area contributed by atoms with E-state index in [4.69, 9.17) is 11.6 Å². The molecule has 19 heavy (non-hydrogen) atoms. The molecule has 3 rings (SSSR count). The van der Waals surface area contributed by atoms with Crippen molar-refractivity contribution < 1.29 is 0 Å². The van der Waals surface area contributed by atoms with Crippen LogP contribution >= 0.6 is 11.6 Å². The molecule has 4 heteroatoms.